The number of rotatable bonds is 5. The summed E-state index contributed by atoms with van der Waals surface area (Å²) in [6, 6.07) is 7.05. The van der Waals surface area contributed by atoms with E-state index in [1.807, 2.05) is 11.0 Å². The van der Waals surface area contributed by atoms with Crippen molar-refractivity contribution in [1.82, 2.24) is 35.3 Å². The summed E-state index contributed by atoms with van der Waals surface area (Å²) in [4.78, 5) is 10.5. The number of hydrogen-bond acceptors (Lipinski definition) is 9. The monoisotopic (exact) mass is 461 g/mol. The van der Waals surface area contributed by atoms with Crippen LogP contribution in [0, 0.1) is 11.3 Å². The van der Waals surface area contributed by atoms with E-state index in [1.54, 1.807) is 18.3 Å². The molecule has 174 valence electrons. The number of phenolic OH excluding ortho intramolecular Hbond substituents is 1. The number of alkyl halides is 1. The Labute approximate surface area is 195 Å². The van der Waals surface area contributed by atoms with Crippen LogP contribution in [0.1, 0.15) is 44.3 Å². The molecule has 34 heavy (non-hydrogen) atoms. The lowest BCUT2D eigenvalue weighted by molar-refractivity contribution is 0.103. The number of fused-ring (bicyclic) bond motifs is 2. The Bertz CT molecular complexity index is 1240. The van der Waals surface area contributed by atoms with E-state index in [2.05, 4.69) is 30.6 Å². The minimum Gasteiger partial charge on any atom is -0.507 e. The van der Waals surface area contributed by atoms with Gasteiger partial charge in [0, 0.05) is 29.8 Å². The molecule has 1 saturated carbocycles. The number of phenols is 1. The van der Waals surface area contributed by atoms with Crippen LogP contribution in [0.5, 0.6) is 5.75 Å². The van der Waals surface area contributed by atoms with Crippen molar-refractivity contribution in [1.29, 1.82) is 5.26 Å². The summed E-state index contributed by atoms with van der Waals surface area (Å²) in [5.74, 6) is 0.466. The molecular formula is C23H24FN9O. The van der Waals surface area contributed by atoms with Crippen molar-refractivity contribution in [2.75, 3.05) is 4.90 Å². The van der Waals surface area contributed by atoms with E-state index < -0.39 is 6.17 Å². The fraction of sp³-hybridized carbons (Fsp3) is 0.478. The maximum Gasteiger partial charge on any atom is 0.252 e. The van der Waals surface area contributed by atoms with Crippen molar-refractivity contribution in [2.24, 2.45) is 0 Å². The molecule has 2 N–H and O–H groups in total. The van der Waals surface area contributed by atoms with Gasteiger partial charge < -0.3 is 15.3 Å². The maximum absolute atomic E-state index is 15.4. The number of nitrogens with one attached hydrogen (secondary N) is 1. The van der Waals surface area contributed by atoms with Gasteiger partial charge in [-0.25, -0.2) is 19.0 Å². The SMILES string of the molecule is N#Cc1ncn(-c2ccc(-c3cnc(N(C4CC4)[C@H]4C[C@@H]5CCC[C@H](N5)[C@H]4F)nn3)c(O)c2)n1. The van der Waals surface area contributed by atoms with E-state index in [9.17, 15) is 5.11 Å². The first kappa shape index (κ1) is 20.9. The van der Waals surface area contributed by atoms with Gasteiger partial charge in [-0.05, 0) is 44.2 Å². The van der Waals surface area contributed by atoms with Gasteiger partial charge >= 0.3 is 0 Å². The lowest BCUT2D eigenvalue weighted by atomic mass is 9.82. The molecule has 3 aliphatic rings. The van der Waals surface area contributed by atoms with Crippen LogP contribution in [0.25, 0.3) is 16.9 Å². The van der Waals surface area contributed by atoms with Crippen molar-refractivity contribution >= 4 is 5.95 Å². The van der Waals surface area contributed by atoms with Crippen molar-refractivity contribution < 1.29 is 9.50 Å². The second-order valence-electron chi connectivity index (χ2n) is 9.26. The van der Waals surface area contributed by atoms with Crippen LogP contribution in [0.15, 0.2) is 30.7 Å². The first-order valence-electron chi connectivity index (χ1n) is 11.6. The van der Waals surface area contributed by atoms with E-state index in [1.165, 1.54) is 17.1 Å². The minimum atomic E-state index is -0.963. The van der Waals surface area contributed by atoms with Crippen molar-refractivity contribution in [2.45, 2.75) is 68.9 Å². The van der Waals surface area contributed by atoms with Gasteiger partial charge in [-0.15, -0.1) is 15.3 Å². The summed E-state index contributed by atoms with van der Waals surface area (Å²) in [6.45, 7) is 0. The van der Waals surface area contributed by atoms with E-state index in [0.29, 0.717) is 28.9 Å². The molecule has 4 heterocycles. The van der Waals surface area contributed by atoms with Crippen LogP contribution < -0.4 is 10.2 Å². The summed E-state index contributed by atoms with van der Waals surface area (Å²) in [5.41, 5.74) is 1.44. The highest BCUT2D eigenvalue weighted by molar-refractivity contribution is 5.68. The standard InChI is InChI=1S/C23H24FN9O/c24-22-17-3-1-2-13(28-17)8-19(22)33(14-4-5-14)23-26-11-18(29-30-23)16-7-6-15(9-20(16)34)32-12-27-21(10-25)31-32/h6-7,9,11-14,17,19,22,28,34H,1-5,8H2/t13-,17-,19-,22+/m0/s1. The Morgan fingerprint density at radius 1 is 1.18 bits per heavy atom. The van der Waals surface area contributed by atoms with E-state index in [4.69, 9.17) is 5.26 Å². The number of aromatic hydroxyl groups is 1. The third kappa shape index (κ3) is 3.74. The lowest BCUT2D eigenvalue weighted by Gasteiger charge is -2.46. The molecule has 6 rings (SSSR count). The Morgan fingerprint density at radius 3 is 2.76 bits per heavy atom. The number of anilines is 1. The van der Waals surface area contributed by atoms with Crippen LogP contribution in [-0.2, 0) is 0 Å². The highest BCUT2D eigenvalue weighted by atomic mass is 19.1. The van der Waals surface area contributed by atoms with Crippen molar-refractivity contribution in [3.05, 3.63) is 36.5 Å². The number of hydrogen-bond donors (Lipinski definition) is 2. The van der Waals surface area contributed by atoms with Crippen molar-refractivity contribution in [3.8, 4) is 28.8 Å². The molecule has 0 unspecified atom stereocenters. The van der Waals surface area contributed by atoms with E-state index >= 15 is 4.39 Å². The summed E-state index contributed by atoms with van der Waals surface area (Å²) < 4.78 is 16.8. The fourth-order valence-electron chi connectivity index (χ4n) is 5.21. The van der Waals surface area contributed by atoms with Crippen LogP contribution in [-0.4, -0.2) is 65.4 Å². The van der Waals surface area contributed by atoms with Gasteiger partial charge in [-0.3, -0.25) is 0 Å². The van der Waals surface area contributed by atoms with Crippen LogP contribution in [0.3, 0.4) is 0 Å². The molecule has 0 amide bonds. The fourth-order valence-corrected chi connectivity index (χ4v) is 5.21. The highest BCUT2D eigenvalue weighted by Crippen LogP contribution is 2.39. The average molecular weight is 462 g/mol. The molecule has 2 saturated heterocycles. The second kappa shape index (κ2) is 8.29. The topological polar surface area (TPSA) is 129 Å². The molecule has 2 bridgehead atoms. The van der Waals surface area contributed by atoms with Crippen LogP contribution >= 0.6 is 0 Å². The molecule has 0 radical (unpaired) electrons. The molecule has 3 aromatic rings. The van der Waals surface area contributed by atoms with Gasteiger partial charge in [-0.1, -0.05) is 6.42 Å². The molecule has 3 fully saturated rings. The predicted molar refractivity (Wildman–Crippen MR) is 120 cm³/mol. The predicted octanol–water partition coefficient (Wildman–Crippen LogP) is 2.29. The molecule has 1 aromatic carbocycles. The van der Waals surface area contributed by atoms with E-state index in [-0.39, 0.29) is 29.7 Å². The second-order valence-corrected chi connectivity index (χ2v) is 9.26. The maximum atomic E-state index is 15.4. The first-order valence-corrected chi connectivity index (χ1v) is 11.6. The number of piperidine rings is 2. The van der Waals surface area contributed by atoms with Gasteiger partial charge in [-0.2, -0.15) is 5.26 Å². The van der Waals surface area contributed by atoms with Gasteiger partial charge in [0.15, 0.2) is 0 Å². The van der Waals surface area contributed by atoms with Crippen LogP contribution in [0.2, 0.25) is 0 Å². The zero-order chi connectivity index (χ0) is 23.2. The lowest BCUT2D eigenvalue weighted by Crippen LogP contribution is -2.62. The third-order valence-corrected chi connectivity index (χ3v) is 6.99. The first-order chi connectivity index (χ1) is 16.6. The largest absolute Gasteiger partial charge is 0.507 e. The molecule has 2 aliphatic heterocycles. The molecular weight excluding hydrogens is 437 g/mol. The summed E-state index contributed by atoms with van der Waals surface area (Å²) in [5, 5.41) is 35.6. The molecule has 4 atom stereocenters. The zero-order valence-electron chi connectivity index (χ0n) is 18.4. The highest BCUT2D eigenvalue weighted by Gasteiger charge is 2.47. The average Bonchev–Trinajstić information content (AvgIpc) is 3.57. The molecule has 2 aromatic heterocycles. The molecule has 10 nitrogen and oxygen atoms in total. The quantitative estimate of drug-likeness (QED) is 0.588. The normalized spacial score (nSPS) is 26.1. The number of nitriles is 1. The van der Waals surface area contributed by atoms with Crippen molar-refractivity contribution in [3.63, 3.8) is 0 Å². The van der Waals surface area contributed by atoms with Gasteiger partial charge in [0.1, 0.15) is 30.0 Å². The summed E-state index contributed by atoms with van der Waals surface area (Å²) in [6.07, 6.45) is 7.81. The summed E-state index contributed by atoms with van der Waals surface area (Å²) in [7, 11) is 0. The van der Waals surface area contributed by atoms with E-state index in [0.717, 1.165) is 38.5 Å². The third-order valence-electron chi connectivity index (χ3n) is 6.99. The molecule has 0 spiro atoms. The summed E-state index contributed by atoms with van der Waals surface area (Å²) >= 11 is 0. The number of benzene rings is 1. The van der Waals surface area contributed by atoms with Gasteiger partial charge in [0.2, 0.25) is 5.95 Å². The van der Waals surface area contributed by atoms with Gasteiger partial charge in [0.25, 0.3) is 5.82 Å². The smallest absolute Gasteiger partial charge is 0.252 e. The Hall–Kier alpha value is -3.65. The minimum absolute atomic E-state index is 0.0237. The number of halogens is 1. The molecule has 11 heteroatoms. The van der Waals surface area contributed by atoms with Crippen LogP contribution in [0.4, 0.5) is 10.3 Å². The van der Waals surface area contributed by atoms with Gasteiger partial charge in [0.05, 0.1) is 17.9 Å². The number of nitrogens with zero attached hydrogens (tertiary/aromatic N) is 8. The Kier molecular flexibility index (Phi) is 5.10. The molecule has 1 aliphatic carbocycles. The number of aromatic nitrogens is 6. The zero-order valence-corrected chi connectivity index (χ0v) is 18.4. The Morgan fingerprint density at radius 2 is 2.06 bits per heavy atom. The Balaban J connectivity index is 1.25.